The number of para-hydroxylation sites is 1. The number of methoxy groups -OCH3 is 1. The first-order valence-corrected chi connectivity index (χ1v) is 11.0. The third kappa shape index (κ3) is 3.34. The van der Waals surface area contributed by atoms with E-state index in [2.05, 4.69) is 0 Å². The molecule has 0 atom stereocenters. The summed E-state index contributed by atoms with van der Waals surface area (Å²) in [6, 6.07) is 17.7. The highest BCUT2D eigenvalue weighted by Crippen LogP contribution is 2.35. The first kappa shape index (κ1) is 20.6. The van der Waals surface area contributed by atoms with Crippen LogP contribution in [0.1, 0.15) is 27.6 Å². The van der Waals surface area contributed by atoms with E-state index in [0.717, 1.165) is 3.97 Å². The van der Waals surface area contributed by atoms with Gasteiger partial charge in [0.05, 0.1) is 40.8 Å². The molecule has 0 saturated heterocycles. The number of nitrogens with zero attached hydrogens (tertiary/aromatic N) is 1. The summed E-state index contributed by atoms with van der Waals surface area (Å²) in [5.74, 6) is -1.37. The van der Waals surface area contributed by atoms with Crippen LogP contribution in [0.4, 0.5) is 0 Å². The van der Waals surface area contributed by atoms with Crippen LogP contribution in [0, 0.1) is 0 Å². The Morgan fingerprint density at radius 3 is 2.26 bits per heavy atom. The van der Waals surface area contributed by atoms with Gasteiger partial charge in [0.1, 0.15) is 0 Å². The molecule has 31 heavy (non-hydrogen) atoms. The Labute approximate surface area is 178 Å². The molecule has 0 unspecified atom stereocenters. The molecule has 4 aromatic rings. The maximum atomic E-state index is 13.6. The number of carbonyl (C=O) groups excluding carboxylic acids is 2. The van der Waals surface area contributed by atoms with Crippen LogP contribution in [0.2, 0.25) is 0 Å². The highest BCUT2D eigenvalue weighted by molar-refractivity contribution is 7.90. The number of fused-ring (bicyclic) bond motifs is 3. The van der Waals surface area contributed by atoms with Crippen LogP contribution in [-0.4, -0.2) is 38.0 Å². The average molecular weight is 437 g/mol. The molecule has 0 saturated carbocycles. The zero-order valence-corrected chi connectivity index (χ0v) is 17.7. The van der Waals surface area contributed by atoms with Crippen molar-refractivity contribution in [3.63, 3.8) is 0 Å². The van der Waals surface area contributed by atoms with E-state index in [9.17, 15) is 18.0 Å². The molecule has 0 fully saturated rings. The smallest absolute Gasteiger partial charge is 0.340 e. The maximum absolute atomic E-state index is 13.6. The van der Waals surface area contributed by atoms with Gasteiger partial charge in [-0.1, -0.05) is 36.4 Å². The van der Waals surface area contributed by atoms with Crippen LogP contribution in [0.3, 0.4) is 0 Å². The third-order valence-electron chi connectivity index (χ3n) is 4.92. The van der Waals surface area contributed by atoms with E-state index in [1.807, 2.05) is 0 Å². The Bertz CT molecular complexity index is 1420. The molecule has 0 radical (unpaired) electrons. The number of ether oxygens (including phenoxy) is 2. The predicted molar refractivity (Wildman–Crippen MR) is 116 cm³/mol. The van der Waals surface area contributed by atoms with E-state index < -0.39 is 22.0 Å². The average Bonchev–Trinajstić information content (AvgIpc) is 3.14. The molecule has 158 valence electrons. The van der Waals surface area contributed by atoms with Crippen LogP contribution in [0.15, 0.2) is 71.6 Å². The van der Waals surface area contributed by atoms with Gasteiger partial charge in [-0.2, -0.15) is 0 Å². The van der Waals surface area contributed by atoms with Crippen molar-refractivity contribution < 1.29 is 27.5 Å². The molecule has 0 N–H and O–H groups in total. The minimum atomic E-state index is -4.06. The van der Waals surface area contributed by atoms with Crippen molar-refractivity contribution in [2.45, 2.75) is 11.8 Å². The summed E-state index contributed by atoms with van der Waals surface area (Å²) in [4.78, 5) is 25.2. The molecule has 1 heterocycles. The number of carbonyl (C=O) groups is 2. The molecule has 0 spiro atoms. The van der Waals surface area contributed by atoms with Gasteiger partial charge in [0, 0.05) is 10.8 Å². The SMILES string of the molecule is CCOC(=O)c1cc(C(=O)OC)c2c(c1)c1ccccc1n2S(=O)(=O)c1ccccc1. The van der Waals surface area contributed by atoms with Crippen LogP contribution in [-0.2, 0) is 19.5 Å². The van der Waals surface area contributed by atoms with Crippen molar-refractivity contribution in [2.24, 2.45) is 0 Å². The summed E-state index contributed by atoms with van der Waals surface area (Å²) in [6.45, 7) is 1.84. The van der Waals surface area contributed by atoms with Gasteiger partial charge in [-0.05, 0) is 37.3 Å². The summed E-state index contributed by atoms with van der Waals surface area (Å²) >= 11 is 0. The summed E-state index contributed by atoms with van der Waals surface area (Å²) in [7, 11) is -2.87. The monoisotopic (exact) mass is 437 g/mol. The molecule has 0 aliphatic carbocycles. The van der Waals surface area contributed by atoms with Crippen molar-refractivity contribution in [2.75, 3.05) is 13.7 Å². The van der Waals surface area contributed by atoms with Crippen molar-refractivity contribution >= 4 is 43.8 Å². The fourth-order valence-electron chi connectivity index (χ4n) is 3.60. The van der Waals surface area contributed by atoms with E-state index in [0.29, 0.717) is 16.3 Å². The Morgan fingerprint density at radius 1 is 0.903 bits per heavy atom. The van der Waals surface area contributed by atoms with Crippen LogP contribution >= 0.6 is 0 Å². The lowest BCUT2D eigenvalue weighted by molar-refractivity contribution is 0.0526. The number of rotatable bonds is 5. The van der Waals surface area contributed by atoms with E-state index in [4.69, 9.17) is 9.47 Å². The van der Waals surface area contributed by atoms with Crippen molar-refractivity contribution in [3.05, 3.63) is 77.9 Å². The van der Waals surface area contributed by atoms with Crippen molar-refractivity contribution in [3.8, 4) is 0 Å². The molecule has 8 heteroatoms. The molecular weight excluding hydrogens is 418 g/mol. The fraction of sp³-hybridized carbons (Fsp3) is 0.130. The lowest BCUT2D eigenvalue weighted by atomic mass is 10.0. The second kappa shape index (κ2) is 7.88. The van der Waals surface area contributed by atoms with Crippen LogP contribution in [0.5, 0.6) is 0 Å². The molecule has 0 bridgehead atoms. The Morgan fingerprint density at radius 2 is 1.58 bits per heavy atom. The molecule has 7 nitrogen and oxygen atoms in total. The molecule has 4 rings (SSSR count). The number of esters is 2. The van der Waals surface area contributed by atoms with E-state index in [1.54, 1.807) is 55.5 Å². The largest absolute Gasteiger partial charge is 0.465 e. The summed E-state index contributed by atoms with van der Waals surface area (Å²) < 4.78 is 38.4. The van der Waals surface area contributed by atoms with Gasteiger partial charge in [-0.25, -0.2) is 22.0 Å². The van der Waals surface area contributed by atoms with Crippen LogP contribution < -0.4 is 0 Å². The molecule has 0 amide bonds. The van der Waals surface area contributed by atoms with Crippen molar-refractivity contribution in [1.29, 1.82) is 0 Å². The predicted octanol–water partition coefficient (Wildman–Crippen LogP) is 3.99. The van der Waals surface area contributed by atoms with Gasteiger partial charge in [-0.15, -0.1) is 0 Å². The second-order valence-corrected chi connectivity index (χ2v) is 8.52. The van der Waals surface area contributed by atoms with Gasteiger partial charge in [-0.3, -0.25) is 0 Å². The molecule has 3 aromatic carbocycles. The molecular formula is C23H19NO6S. The van der Waals surface area contributed by atoms with Gasteiger partial charge < -0.3 is 9.47 Å². The summed E-state index contributed by atoms with van der Waals surface area (Å²) in [5, 5.41) is 1.01. The number of aromatic nitrogens is 1. The Kier molecular flexibility index (Phi) is 5.24. The molecule has 0 aliphatic rings. The Balaban J connectivity index is 2.18. The van der Waals surface area contributed by atoms with Gasteiger partial charge in [0.25, 0.3) is 10.0 Å². The fourth-order valence-corrected chi connectivity index (χ4v) is 5.17. The zero-order valence-electron chi connectivity index (χ0n) is 16.9. The first-order valence-electron chi connectivity index (χ1n) is 9.53. The maximum Gasteiger partial charge on any atom is 0.340 e. The van der Waals surface area contributed by atoms with E-state index in [1.165, 1.54) is 25.3 Å². The topological polar surface area (TPSA) is 91.7 Å². The zero-order chi connectivity index (χ0) is 22.2. The quantitative estimate of drug-likeness (QED) is 0.439. The second-order valence-electron chi connectivity index (χ2n) is 6.73. The Hall–Kier alpha value is -3.65. The van der Waals surface area contributed by atoms with Gasteiger partial charge in [0.2, 0.25) is 0 Å². The number of hydrogen-bond acceptors (Lipinski definition) is 6. The summed E-state index contributed by atoms with van der Waals surface area (Å²) in [5.41, 5.74) is 0.617. The highest BCUT2D eigenvalue weighted by Gasteiger charge is 2.28. The minimum absolute atomic E-state index is 0.0428. The van der Waals surface area contributed by atoms with Crippen molar-refractivity contribution in [1.82, 2.24) is 3.97 Å². The minimum Gasteiger partial charge on any atom is -0.465 e. The number of benzene rings is 3. The standard InChI is InChI=1S/C23H19NO6S/c1-3-30-22(25)15-13-18-17-11-7-8-12-20(17)24(21(18)19(14-15)23(26)29-2)31(27,28)16-9-5-4-6-10-16/h4-14H,3H2,1-2H3. The van der Waals surface area contributed by atoms with Crippen LogP contribution in [0.25, 0.3) is 21.8 Å². The third-order valence-corrected chi connectivity index (χ3v) is 6.65. The highest BCUT2D eigenvalue weighted by atomic mass is 32.2. The lowest BCUT2D eigenvalue weighted by Crippen LogP contribution is -2.16. The van der Waals surface area contributed by atoms with E-state index in [-0.39, 0.29) is 28.1 Å². The normalized spacial score (nSPS) is 11.5. The number of hydrogen-bond donors (Lipinski definition) is 0. The van der Waals surface area contributed by atoms with Gasteiger partial charge in [0.15, 0.2) is 0 Å². The molecule has 0 aliphatic heterocycles. The summed E-state index contributed by atoms with van der Waals surface area (Å²) in [6.07, 6.45) is 0. The first-order chi connectivity index (χ1) is 14.9. The lowest BCUT2D eigenvalue weighted by Gasteiger charge is -2.12. The van der Waals surface area contributed by atoms with E-state index >= 15 is 0 Å². The molecule has 1 aromatic heterocycles. The van der Waals surface area contributed by atoms with Gasteiger partial charge >= 0.3 is 11.9 Å².